The van der Waals surface area contributed by atoms with E-state index in [4.69, 9.17) is 32.9 Å². The molecule has 1 aliphatic heterocycles. The van der Waals surface area contributed by atoms with E-state index in [1.165, 1.54) is 16.7 Å². The number of aryl methyl sites for hydroxylation is 2. The van der Waals surface area contributed by atoms with Crippen LogP contribution in [-0.4, -0.2) is 35.7 Å². The number of aromatic nitrogens is 1. The van der Waals surface area contributed by atoms with Crippen LogP contribution in [-0.2, 0) is 17.6 Å². The van der Waals surface area contributed by atoms with E-state index in [-0.39, 0.29) is 6.09 Å². The Bertz CT molecular complexity index is 946. The molecule has 146 valence electrons. The Hall–Kier alpha value is -2.04. The maximum atomic E-state index is 12.1. The maximum Gasteiger partial charge on any atom is 0.409 e. The first-order valence-electron chi connectivity index (χ1n) is 9.64. The molecule has 4 nitrogen and oxygen atoms in total. The fraction of sp³-hybridized carbons (Fsp3) is 0.364. The first-order valence-corrected chi connectivity index (χ1v) is 10.4. The van der Waals surface area contributed by atoms with Gasteiger partial charge in [-0.1, -0.05) is 34.8 Å². The summed E-state index contributed by atoms with van der Waals surface area (Å²) in [6.45, 7) is 3.52. The Morgan fingerprint density at radius 3 is 2.57 bits per heavy atom. The van der Waals surface area contributed by atoms with E-state index in [1.807, 2.05) is 31.3 Å². The Morgan fingerprint density at radius 2 is 1.82 bits per heavy atom. The molecule has 2 aliphatic rings. The average Bonchev–Trinajstić information content (AvgIpc) is 2.86. The molecule has 1 fully saturated rings. The molecule has 6 heteroatoms. The number of hydrogen-bond acceptors (Lipinski definition) is 3. The summed E-state index contributed by atoms with van der Waals surface area (Å²) in [5, 5.41) is 1.14. The zero-order chi connectivity index (χ0) is 19.7. The third-order valence-corrected chi connectivity index (χ3v) is 6.18. The van der Waals surface area contributed by atoms with Crippen molar-refractivity contribution in [3.05, 3.63) is 68.5 Å². The Morgan fingerprint density at radius 1 is 1.11 bits per heavy atom. The summed E-state index contributed by atoms with van der Waals surface area (Å²) in [5.41, 5.74) is 7.04. The molecule has 2 heterocycles. The van der Waals surface area contributed by atoms with Crippen molar-refractivity contribution in [3.63, 3.8) is 0 Å². The lowest BCUT2D eigenvalue weighted by Crippen LogP contribution is -2.37. The molecule has 1 saturated heterocycles. The third kappa shape index (κ3) is 3.63. The lowest BCUT2D eigenvalue weighted by Gasteiger charge is -2.29. The van der Waals surface area contributed by atoms with E-state index in [2.05, 4.69) is 6.07 Å². The van der Waals surface area contributed by atoms with Gasteiger partial charge in [0.1, 0.15) is 0 Å². The minimum absolute atomic E-state index is 0.235. The van der Waals surface area contributed by atoms with E-state index in [9.17, 15) is 4.79 Å². The van der Waals surface area contributed by atoms with Crippen LogP contribution >= 0.6 is 23.2 Å². The third-order valence-electron chi connectivity index (χ3n) is 5.45. The van der Waals surface area contributed by atoms with Gasteiger partial charge in [-0.2, -0.15) is 0 Å². The molecular weight excluding hydrogens is 395 g/mol. The fourth-order valence-corrected chi connectivity index (χ4v) is 4.42. The first kappa shape index (κ1) is 19.3. The topological polar surface area (TPSA) is 42.4 Å². The van der Waals surface area contributed by atoms with Crippen molar-refractivity contribution in [2.24, 2.45) is 0 Å². The van der Waals surface area contributed by atoms with Crippen molar-refractivity contribution in [3.8, 4) is 0 Å². The molecule has 0 atom stereocenters. The number of ether oxygens (including phenoxy) is 1. The number of halogens is 2. The molecule has 0 N–H and O–H groups in total. The van der Waals surface area contributed by atoms with E-state index in [1.54, 1.807) is 4.90 Å². The van der Waals surface area contributed by atoms with Crippen molar-refractivity contribution in [2.75, 3.05) is 19.7 Å². The van der Waals surface area contributed by atoms with Gasteiger partial charge in [0.25, 0.3) is 0 Å². The van der Waals surface area contributed by atoms with Gasteiger partial charge < -0.3 is 9.64 Å². The number of rotatable bonds is 1. The Kier molecular flexibility index (Phi) is 5.61. The predicted octanol–water partition coefficient (Wildman–Crippen LogP) is 5.54. The highest BCUT2D eigenvalue weighted by atomic mass is 35.5. The zero-order valence-electron chi connectivity index (χ0n) is 15.8. The molecule has 0 bridgehead atoms. The second-order valence-corrected chi connectivity index (χ2v) is 7.91. The number of nitrogens with zero attached hydrogens (tertiary/aromatic N) is 2. The summed E-state index contributed by atoms with van der Waals surface area (Å²) in [5.74, 6) is 0. The van der Waals surface area contributed by atoms with Gasteiger partial charge in [-0.05, 0) is 67.5 Å². The minimum Gasteiger partial charge on any atom is -0.450 e. The van der Waals surface area contributed by atoms with Crippen LogP contribution in [0.5, 0.6) is 0 Å². The second-order valence-electron chi connectivity index (χ2n) is 7.10. The van der Waals surface area contributed by atoms with Crippen molar-refractivity contribution in [2.45, 2.75) is 32.6 Å². The van der Waals surface area contributed by atoms with E-state index < -0.39 is 0 Å². The Balaban J connectivity index is 1.79. The molecule has 1 aliphatic carbocycles. The van der Waals surface area contributed by atoms with Crippen LogP contribution in [0.2, 0.25) is 10.0 Å². The molecule has 0 spiro atoms. The number of fused-ring (bicyclic) bond motifs is 2. The predicted molar refractivity (Wildman–Crippen MR) is 112 cm³/mol. The molecular formula is C22H22Cl2N2O2. The molecule has 1 amide bonds. The van der Waals surface area contributed by atoms with Crippen LogP contribution in [0.3, 0.4) is 0 Å². The number of carbonyl (C=O) groups excluding carboxylic acids is 1. The lowest BCUT2D eigenvalue weighted by atomic mass is 9.88. The fourth-order valence-electron chi connectivity index (χ4n) is 4.07. The van der Waals surface area contributed by atoms with Crippen LogP contribution in [0, 0.1) is 0 Å². The van der Waals surface area contributed by atoms with Crippen LogP contribution in [0.15, 0.2) is 36.0 Å². The number of amides is 1. The van der Waals surface area contributed by atoms with Gasteiger partial charge in [-0.15, -0.1) is 0 Å². The summed E-state index contributed by atoms with van der Waals surface area (Å²) >= 11 is 12.7. The second kappa shape index (κ2) is 8.14. The number of pyridine rings is 1. The summed E-state index contributed by atoms with van der Waals surface area (Å²) < 4.78 is 5.15. The van der Waals surface area contributed by atoms with Crippen molar-refractivity contribution in [1.82, 2.24) is 9.88 Å². The molecule has 0 saturated carbocycles. The van der Waals surface area contributed by atoms with Gasteiger partial charge in [0, 0.05) is 24.9 Å². The largest absolute Gasteiger partial charge is 0.450 e. The normalized spacial score (nSPS) is 16.3. The number of benzene rings is 1. The van der Waals surface area contributed by atoms with E-state index >= 15 is 0 Å². The number of likely N-dealkylation sites (tertiary alicyclic amines) is 1. The summed E-state index contributed by atoms with van der Waals surface area (Å²) in [6, 6.07) is 8.09. The number of carbonyl (C=O) groups is 1. The highest BCUT2D eigenvalue weighted by Gasteiger charge is 2.27. The van der Waals surface area contributed by atoms with Crippen molar-refractivity contribution >= 4 is 34.9 Å². The van der Waals surface area contributed by atoms with Gasteiger partial charge in [0.05, 0.1) is 22.3 Å². The molecule has 28 heavy (non-hydrogen) atoms. The lowest BCUT2D eigenvalue weighted by molar-refractivity contribution is 0.104. The molecule has 2 aromatic rings. The highest BCUT2D eigenvalue weighted by molar-refractivity contribution is 6.42. The van der Waals surface area contributed by atoms with Crippen LogP contribution in [0.25, 0.3) is 5.57 Å². The molecule has 1 aromatic carbocycles. The maximum absolute atomic E-state index is 12.1. The summed E-state index contributed by atoms with van der Waals surface area (Å²) in [4.78, 5) is 18.6. The van der Waals surface area contributed by atoms with E-state index in [0.717, 1.165) is 42.5 Å². The van der Waals surface area contributed by atoms with Crippen LogP contribution in [0.4, 0.5) is 4.79 Å². The number of hydrogen-bond donors (Lipinski definition) is 0. The van der Waals surface area contributed by atoms with Gasteiger partial charge in [-0.25, -0.2) is 4.79 Å². The van der Waals surface area contributed by atoms with E-state index in [0.29, 0.717) is 29.7 Å². The van der Waals surface area contributed by atoms with Gasteiger partial charge in [-0.3, -0.25) is 4.98 Å². The Labute approximate surface area is 175 Å². The van der Waals surface area contributed by atoms with Gasteiger partial charge in [0.15, 0.2) is 0 Å². The minimum atomic E-state index is -0.235. The molecule has 0 unspecified atom stereocenters. The smallest absolute Gasteiger partial charge is 0.409 e. The zero-order valence-corrected chi connectivity index (χ0v) is 17.3. The summed E-state index contributed by atoms with van der Waals surface area (Å²) in [7, 11) is 0. The van der Waals surface area contributed by atoms with Crippen LogP contribution in [0.1, 0.15) is 42.1 Å². The quantitative estimate of drug-likeness (QED) is 0.612. The number of piperidine rings is 1. The average molecular weight is 417 g/mol. The van der Waals surface area contributed by atoms with Gasteiger partial charge in [0.2, 0.25) is 0 Å². The standard InChI is InChI=1S/C22H22Cl2N2O2/c1-2-28-22(27)26-10-7-14(8-11-26)20-17-13-19(24)18(23)12-16(17)6-5-15-4-3-9-25-21(15)20/h3-4,9,12-13H,2,5-8,10-11H2,1H3. The van der Waals surface area contributed by atoms with Crippen LogP contribution < -0.4 is 0 Å². The molecule has 4 rings (SSSR count). The SMILES string of the molecule is CCOC(=O)N1CCC(=C2c3cc(Cl)c(Cl)cc3CCc3cccnc32)CC1. The first-order chi connectivity index (χ1) is 13.6. The van der Waals surface area contributed by atoms with Crippen molar-refractivity contribution in [1.29, 1.82) is 0 Å². The van der Waals surface area contributed by atoms with Gasteiger partial charge >= 0.3 is 6.09 Å². The van der Waals surface area contributed by atoms with Crippen molar-refractivity contribution < 1.29 is 9.53 Å². The highest BCUT2D eigenvalue weighted by Crippen LogP contribution is 2.40. The molecule has 1 aromatic heterocycles. The summed E-state index contributed by atoms with van der Waals surface area (Å²) in [6.07, 6.45) is 5.01. The monoisotopic (exact) mass is 416 g/mol. The molecule has 0 radical (unpaired) electrons.